The molecule has 1 aliphatic heterocycles. The maximum atomic E-state index is 11.8. The van der Waals surface area contributed by atoms with E-state index in [0.717, 1.165) is 41.0 Å². The quantitative estimate of drug-likeness (QED) is 0.769. The number of hydrogen-bond donors (Lipinski definition) is 2. The lowest BCUT2D eigenvalue weighted by Crippen LogP contribution is -2.31. The van der Waals surface area contributed by atoms with Gasteiger partial charge in [0, 0.05) is 17.9 Å². The highest BCUT2D eigenvalue weighted by Crippen LogP contribution is 2.29. The van der Waals surface area contributed by atoms with Crippen molar-refractivity contribution in [2.75, 3.05) is 6.54 Å². The summed E-state index contributed by atoms with van der Waals surface area (Å²) in [6.07, 6.45) is 0.898. The van der Waals surface area contributed by atoms with Gasteiger partial charge in [0.1, 0.15) is 0 Å². The van der Waals surface area contributed by atoms with Gasteiger partial charge in [0.05, 0.1) is 5.56 Å². The zero-order valence-corrected chi connectivity index (χ0v) is 9.71. The van der Waals surface area contributed by atoms with Crippen LogP contribution in [0.1, 0.15) is 21.6 Å². The normalized spacial score (nSPS) is 14.3. The molecular formula is C14H14N2O. The average molecular weight is 226 g/mol. The van der Waals surface area contributed by atoms with Crippen LogP contribution in [0.15, 0.2) is 30.3 Å². The van der Waals surface area contributed by atoms with E-state index in [1.54, 1.807) is 0 Å². The highest BCUT2D eigenvalue weighted by molar-refractivity contribution is 6.00. The lowest BCUT2D eigenvalue weighted by Gasteiger charge is -2.14. The Bertz CT molecular complexity index is 569. The van der Waals surface area contributed by atoms with Crippen LogP contribution in [0, 0.1) is 6.92 Å². The fourth-order valence-corrected chi connectivity index (χ4v) is 2.47. The molecule has 0 saturated carbocycles. The van der Waals surface area contributed by atoms with Gasteiger partial charge in [0.2, 0.25) is 0 Å². The summed E-state index contributed by atoms with van der Waals surface area (Å²) in [5.41, 5.74) is 5.17. The number of hydrogen-bond acceptors (Lipinski definition) is 1. The molecule has 2 heterocycles. The molecule has 1 aromatic carbocycles. The standard InChI is InChI=1S/C14H14N2O/c1-9-12-11(7-8-15-14(12)17)13(16-9)10-5-3-2-4-6-10/h2-6,16H,7-8H2,1H3,(H,15,17). The zero-order valence-electron chi connectivity index (χ0n) is 9.71. The van der Waals surface area contributed by atoms with Crippen molar-refractivity contribution in [2.24, 2.45) is 0 Å². The van der Waals surface area contributed by atoms with Crippen molar-refractivity contribution in [1.29, 1.82) is 0 Å². The largest absolute Gasteiger partial charge is 0.358 e. The predicted molar refractivity (Wildman–Crippen MR) is 67.0 cm³/mol. The molecule has 3 heteroatoms. The second-order valence-corrected chi connectivity index (χ2v) is 4.35. The number of carbonyl (C=O) groups excluding carboxylic acids is 1. The molecule has 0 atom stereocenters. The van der Waals surface area contributed by atoms with Crippen molar-refractivity contribution in [1.82, 2.24) is 10.3 Å². The number of aryl methyl sites for hydroxylation is 1. The van der Waals surface area contributed by atoms with E-state index in [9.17, 15) is 4.79 Å². The number of amides is 1. The average Bonchev–Trinajstić information content (AvgIpc) is 2.69. The van der Waals surface area contributed by atoms with Crippen molar-refractivity contribution in [3.05, 3.63) is 47.2 Å². The van der Waals surface area contributed by atoms with E-state index in [1.807, 2.05) is 25.1 Å². The second kappa shape index (κ2) is 3.77. The smallest absolute Gasteiger partial charge is 0.253 e. The summed E-state index contributed by atoms with van der Waals surface area (Å²) in [5, 5.41) is 2.88. The van der Waals surface area contributed by atoms with Crippen molar-refractivity contribution in [2.45, 2.75) is 13.3 Å². The Morgan fingerprint density at radius 1 is 1.18 bits per heavy atom. The van der Waals surface area contributed by atoms with Gasteiger partial charge in [-0.1, -0.05) is 30.3 Å². The summed E-state index contributed by atoms with van der Waals surface area (Å²) in [5.74, 6) is 0.0437. The van der Waals surface area contributed by atoms with E-state index in [0.29, 0.717) is 0 Å². The molecule has 3 rings (SSSR count). The van der Waals surface area contributed by atoms with Crippen LogP contribution in [0.2, 0.25) is 0 Å². The minimum atomic E-state index is 0.0437. The molecule has 0 aliphatic carbocycles. The molecule has 0 spiro atoms. The fourth-order valence-electron chi connectivity index (χ4n) is 2.47. The lowest BCUT2D eigenvalue weighted by atomic mass is 9.98. The molecule has 2 N–H and O–H groups in total. The van der Waals surface area contributed by atoms with E-state index in [-0.39, 0.29) is 5.91 Å². The first kappa shape index (κ1) is 10.1. The Balaban J connectivity index is 2.20. The van der Waals surface area contributed by atoms with Gasteiger partial charge in [-0.3, -0.25) is 4.79 Å². The van der Waals surface area contributed by atoms with Crippen LogP contribution in [-0.4, -0.2) is 17.4 Å². The number of rotatable bonds is 1. The monoisotopic (exact) mass is 226 g/mol. The Hall–Kier alpha value is -2.03. The molecule has 1 aliphatic rings. The van der Waals surface area contributed by atoms with Gasteiger partial charge >= 0.3 is 0 Å². The summed E-state index contributed by atoms with van der Waals surface area (Å²) in [7, 11) is 0. The Morgan fingerprint density at radius 2 is 1.94 bits per heavy atom. The number of nitrogens with one attached hydrogen (secondary N) is 2. The van der Waals surface area contributed by atoms with Gasteiger partial charge in [-0.25, -0.2) is 0 Å². The minimum absolute atomic E-state index is 0.0437. The maximum absolute atomic E-state index is 11.8. The Labute approximate surface area is 99.9 Å². The van der Waals surface area contributed by atoms with Gasteiger partial charge in [0.15, 0.2) is 0 Å². The highest BCUT2D eigenvalue weighted by Gasteiger charge is 2.24. The summed E-state index contributed by atoms with van der Waals surface area (Å²) < 4.78 is 0. The first-order valence-electron chi connectivity index (χ1n) is 5.82. The Kier molecular flexibility index (Phi) is 2.25. The summed E-state index contributed by atoms with van der Waals surface area (Å²) in [6.45, 7) is 2.68. The van der Waals surface area contributed by atoms with Crippen LogP contribution in [0.5, 0.6) is 0 Å². The predicted octanol–water partition coefficient (Wildman–Crippen LogP) is 2.28. The molecule has 0 fully saturated rings. The van der Waals surface area contributed by atoms with Crippen LogP contribution in [0.25, 0.3) is 11.3 Å². The third-order valence-corrected chi connectivity index (χ3v) is 3.24. The molecule has 2 aromatic rings. The van der Waals surface area contributed by atoms with Crippen molar-refractivity contribution in [3.8, 4) is 11.3 Å². The van der Waals surface area contributed by atoms with Gasteiger partial charge in [0.25, 0.3) is 5.91 Å². The number of carbonyl (C=O) groups is 1. The molecule has 1 aromatic heterocycles. The van der Waals surface area contributed by atoms with Crippen LogP contribution >= 0.6 is 0 Å². The Morgan fingerprint density at radius 3 is 2.71 bits per heavy atom. The van der Waals surface area contributed by atoms with Gasteiger partial charge in [-0.15, -0.1) is 0 Å². The van der Waals surface area contributed by atoms with E-state index in [2.05, 4.69) is 22.4 Å². The van der Waals surface area contributed by atoms with Crippen molar-refractivity contribution < 1.29 is 4.79 Å². The van der Waals surface area contributed by atoms with Gasteiger partial charge < -0.3 is 10.3 Å². The second-order valence-electron chi connectivity index (χ2n) is 4.35. The summed E-state index contributed by atoms with van der Waals surface area (Å²) in [4.78, 5) is 15.2. The molecule has 0 saturated heterocycles. The van der Waals surface area contributed by atoms with E-state index >= 15 is 0 Å². The molecule has 1 amide bonds. The van der Waals surface area contributed by atoms with Crippen LogP contribution in [-0.2, 0) is 6.42 Å². The lowest BCUT2D eigenvalue weighted by molar-refractivity contribution is 0.0946. The number of benzene rings is 1. The zero-order chi connectivity index (χ0) is 11.8. The first-order valence-corrected chi connectivity index (χ1v) is 5.82. The van der Waals surface area contributed by atoms with Crippen molar-refractivity contribution >= 4 is 5.91 Å². The topological polar surface area (TPSA) is 44.9 Å². The fraction of sp³-hybridized carbons (Fsp3) is 0.214. The molecular weight excluding hydrogens is 212 g/mol. The minimum Gasteiger partial charge on any atom is -0.358 e. The molecule has 86 valence electrons. The number of aromatic nitrogens is 1. The molecule has 17 heavy (non-hydrogen) atoms. The van der Waals surface area contributed by atoms with E-state index in [1.165, 1.54) is 0 Å². The van der Waals surface area contributed by atoms with Gasteiger partial charge in [-0.2, -0.15) is 0 Å². The number of fused-ring (bicyclic) bond motifs is 1. The number of aromatic amines is 1. The van der Waals surface area contributed by atoms with Crippen LogP contribution in [0.3, 0.4) is 0 Å². The maximum Gasteiger partial charge on any atom is 0.253 e. The SMILES string of the molecule is Cc1[nH]c(-c2ccccc2)c2c1C(=O)NCC2. The van der Waals surface area contributed by atoms with Crippen LogP contribution < -0.4 is 5.32 Å². The first-order chi connectivity index (χ1) is 8.27. The highest BCUT2D eigenvalue weighted by atomic mass is 16.1. The van der Waals surface area contributed by atoms with E-state index < -0.39 is 0 Å². The summed E-state index contributed by atoms with van der Waals surface area (Å²) >= 11 is 0. The third kappa shape index (κ3) is 1.55. The molecule has 0 radical (unpaired) electrons. The summed E-state index contributed by atoms with van der Waals surface area (Å²) in [6, 6.07) is 10.2. The molecule has 0 bridgehead atoms. The molecule has 0 unspecified atom stereocenters. The number of H-pyrrole nitrogens is 1. The third-order valence-electron chi connectivity index (χ3n) is 3.24. The van der Waals surface area contributed by atoms with Crippen molar-refractivity contribution in [3.63, 3.8) is 0 Å². The van der Waals surface area contributed by atoms with E-state index in [4.69, 9.17) is 0 Å². The van der Waals surface area contributed by atoms with Crippen LogP contribution in [0.4, 0.5) is 0 Å². The molecule has 3 nitrogen and oxygen atoms in total. The van der Waals surface area contributed by atoms with Gasteiger partial charge in [-0.05, 0) is 24.5 Å².